The molecule has 2 bridgehead atoms. The normalized spacial score (nSPS) is 30.2. The van der Waals surface area contributed by atoms with E-state index >= 15 is 0 Å². The van der Waals surface area contributed by atoms with Crippen LogP contribution in [0, 0.1) is 11.8 Å². The van der Waals surface area contributed by atoms with Crippen LogP contribution in [0.15, 0.2) is 55.6 Å². The number of rotatable bonds is 12. The summed E-state index contributed by atoms with van der Waals surface area (Å²) in [5.41, 5.74) is 0.975. The van der Waals surface area contributed by atoms with Gasteiger partial charge in [-0.3, -0.25) is 14.4 Å². The van der Waals surface area contributed by atoms with Crippen molar-refractivity contribution in [3.8, 4) is 0 Å². The number of aliphatic hydroxyl groups is 1. The third kappa shape index (κ3) is 4.77. The van der Waals surface area contributed by atoms with Crippen molar-refractivity contribution in [3.05, 3.63) is 61.2 Å². The summed E-state index contributed by atoms with van der Waals surface area (Å²) in [7, 11) is 0. The van der Waals surface area contributed by atoms with Gasteiger partial charge in [0, 0.05) is 29.7 Å². The van der Waals surface area contributed by atoms with E-state index in [0.29, 0.717) is 25.9 Å². The monoisotopic (exact) mass is 576 g/mol. The van der Waals surface area contributed by atoms with E-state index < -0.39 is 22.6 Å². The van der Waals surface area contributed by atoms with Crippen LogP contribution in [-0.4, -0.2) is 79.9 Å². The quantitative estimate of drug-likeness (QED) is 0.178. The maximum atomic E-state index is 14.2. The fourth-order valence-electron chi connectivity index (χ4n) is 5.89. The van der Waals surface area contributed by atoms with Crippen LogP contribution in [-0.2, 0) is 25.7 Å². The highest BCUT2D eigenvalue weighted by Crippen LogP contribution is 2.68. The lowest BCUT2D eigenvalue weighted by atomic mass is 9.71. The van der Waals surface area contributed by atoms with Crippen LogP contribution in [0.3, 0.4) is 0 Å². The molecule has 1 aromatic carbocycles. The lowest BCUT2D eigenvalue weighted by molar-refractivity contribution is -0.154. The Kier molecular flexibility index (Phi) is 8.63. The maximum absolute atomic E-state index is 14.2. The fourth-order valence-corrected chi connectivity index (χ4v) is 9.48. The average Bonchev–Trinajstić information content (AvgIpc) is 3.46. The molecule has 1 spiro atoms. The highest BCUT2D eigenvalue weighted by atomic mass is 79.9. The molecule has 3 heterocycles. The number of ether oxygens (including phenoxy) is 1. The van der Waals surface area contributed by atoms with Gasteiger partial charge in [0.05, 0.1) is 29.8 Å². The highest BCUT2D eigenvalue weighted by molar-refractivity contribution is 9.09. The van der Waals surface area contributed by atoms with E-state index in [2.05, 4.69) is 29.1 Å². The summed E-state index contributed by atoms with van der Waals surface area (Å²) in [4.78, 5) is 44.4. The summed E-state index contributed by atoms with van der Waals surface area (Å²) in [6.45, 7) is 8.27. The van der Waals surface area contributed by atoms with Crippen LogP contribution in [0.1, 0.15) is 24.8 Å². The standard InChI is InChI=1S/C27H33BrN2O5S/c1-3-5-9-15-35-26(34)20-21-24(32)30(13-14-31)23(27(21)16-19(28)22(20)36-27)25(33)29(12-4-2)17-18-10-7-6-8-11-18/h3-4,6-8,10-11,19-23,31H,1-2,5,9,12-17H2/t19?,20-,21-,22-,23?,27?/m0/s1. The fraction of sp³-hybridized carbons (Fsp3) is 0.519. The summed E-state index contributed by atoms with van der Waals surface area (Å²) in [6, 6.07) is 8.91. The summed E-state index contributed by atoms with van der Waals surface area (Å²) >= 11 is 5.31. The van der Waals surface area contributed by atoms with Crippen LogP contribution < -0.4 is 0 Å². The van der Waals surface area contributed by atoms with Gasteiger partial charge in [0.25, 0.3) is 0 Å². The Morgan fingerprint density at radius 1 is 1.28 bits per heavy atom. The zero-order valence-corrected chi connectivity index (χ0v) is 22.7. The summed E-state index contributed by atoms with van der Waals surface area (Å²) in [5.74, 6) is -2.11. The number of carbonyl (C=O) groups is 3. The first-order chi connectivity index (χ1) is 17.4. The molecule has 3 aliphatic heterocycles. The number of unbranched alkanes of at least 4 members (excludes halogenated alkanes) is 1. The molecule has 6 atom stereocenters. The number of benzene rings is 1. The van der Waals surface area contributed by atoms with Gasteiger partial charge in [0.15, 0.2) is 0 Å². The van der Waals surface area contributed by atoms with Crippen LogP contribution in [0.2, 0.25) is 0 Å². The van der Waals surface area contributed by atoms with E-state index in [9.17, 15) is 19.5 Å². The van der Waals surface area contributed by atoms with Crippen molar-refractivity contribution < 1.29 is 24.2 Å². The van der Waals surface area contributed by atoms with E-state index in [1.807, 2.05) is 30.3 Å². The molecule has 0 radical (unpaired) electrons. The second-order valence-electron chi connectivity index (χ2n) is 9.51. The minimum Gasteiger partial charge on any atom is -0.465 e. The molecule has 3 saturated heterocycles. The molecule has 0 aliphatic carbocycles. The molecule has 3 aliphatic rings. The minimum atomic E-state index is -0.778. The lowest BCUT2D eigenvalue weighted by Crippen LogP contribution is -2.55. The second kappa shape index (κ2) is 11.5. The number of fused-ring (bicyclic) bond motifs is 1. The lowest BCUT2D eigenvalue weighted by Gasteiger charge is -2.37. The topological polar surface area (TPSA) is 87.1 Å². The second-order valence-corrected chi connectivity index (χ2v) is 12.2. The number of thioether (sulfide) groups is 1. The van der Waals surface area contributed by atoms with Gasteiger partial charge in [-0.2, -0.15) is 0 Å². The number of alkyl halides is 1. The van der Waals surface area contributed by atoms with Gasteiger partial charge in [0.2, 0.25) is 11.8 Å². The molecule has 1 aromatic rings. The van der Waals surface area contributed by atoms with Crippen molar-refractivity contribution in [2.45, 2.75) is 46.7 Å². The first-order valence-electron chi connectivity index (χ1n) is 12.3. The number of likely N-dealkylation sites (tertiary alicyclic amines) is 1. The molecular formula is C27H33BrN2O5S. The number of aliphatic hydroxyl groups excluding tert-OH is 1. The van der Waals surface area contributed by atoms with Gasteiger partial charge in [-0.1, -0.05) is 58.4 Å². The zero-order chi connectivity index (χ0) is 25.9. The molecule has 3 unspecified atom stereocenters. The van der Waals surface area contributed by atoms with Crippen molar-refractivity contribution in [2.24, 2.45) is 11.8 Å². The Morgan fingerprint density at radius 2 is 2.03 bits per heavy atom. The minimum absolute atomic E-state index is 0.0244. The van der Waals surface area contributed by atoms with Crippen LogP contribution in [0.5, 0.6) is 0 Å². The van der Waals surface area contributed by atoms with E-state index in [1.54, 1.807) is 28.8 Å². The molecule has 4 rings (SSSR count). The van der Waals surface area contributed by atoms with Gasteiger partial charge in [-0.05, 0) is 24.8 Å². The molecule has 0 aromatic heterocycles. The molecule has 0 saturated carbocycles. The SMILES string of the molecule is C=CCCCOC(=O)[C@H]1[C@H]2C(=O)N(CCO)C(C(=O)N(CC=C)Cc3ccccc3)C23CC(Br)[C@@H]1S3. The van der Waals surface area contributed by atoms with Crippen molar-refractivity contribution in [3.63, 3.8) is 0 Å². The molecule has 194 valence electrons. The van der Waals surface area contributed by atoms with Crippen LogP contribution in [0.25, 0.3) is 0 Å². The summed E-state index contributed by atoms with van der Waals surface area (Å²) in [5, 5.41) is 9.64. The first kappa shape index (κ1) is 26.9. The molecule has 1 N–H and O–H groups in total. The molecule has 36 heavy (non-hydrogen) atoms. The van der Waals surface area contributed by atoms with Gasteiger partial charge >= 0.3 is 5.97 Å². The largest absolute Gasteiger partial charge is 0.465 e. The van der Waals surface area contributed by atoms with Crippen molar-refractivity contribution in [1.82, 2.24) is 9.80 Å². The third-order valence-electron chi connectivity index (χ3n) is 7.31. The Hall–Kier alpha value is -2.10. The Bertz CT molecular complexity index is 1010. The van der Waals surface area contributed by atoms with E-state index in [4.69, 9.17) is 4.74 Å². The highest BCUT2D eigenvalue weighted by Gasteiger charge is 2.76. The van der Waals surface area contributed by atoms with E-state index in [0.717, 1.165) is 12.0 Å². The maximum Gasteiger partial charge on any atom is 0.310 e. The molecular weight excluding hydrogens is 544 g/mol. The number of hydrogen-bond acceptors (Lipinski definition) is 6. The predicted molar refractivity (Wildman–Crippen MR) is 143 cm³/mol. The smallest absolute Gasteiger partial charge is 0.310 e. The number of hydrogen-bond donors (Lipinski definition) is 1. The van der Waals surface area contributed by atoms with E-state index in [1.165, 1.54) is 4.90 Å². The molecule has 2 amide bonds. The number of esters is 1. The molecule has 9 heteroatoms. The first-order valence-corrected chi connectivity index (χ1v) is 14.1. The van der Waals surface area contributed by atoms with Gasteiger partial charge in [0.1, 0.15) is 6.04 Å². The van der Waals surface area contributed by atoms with Gasteiger partial charge in [-0.15, -0.1) is 24.9 Å². The van der Waals surface area contributed by atoms with Crippen LogP contribution >= 0.6 is 27.7 Å². The Balaban J connectivity index is 1.66. The van der Waals surface area contributed by atoms with Crippen molar-refractivity contribution in [2.75, 3.05) is 26.3 Å². The molecule has 7 nitrogen and oxygen atoms in total. The zero-order valence-electron chi connectivity index (χ0n) is 20.3. The molecule has 3 fully saturated rings. The number of nitrogens with zero attached hydrogens (tertiary/aromatic N) is 2. The van der Waals surface area contributed by atoms with E-state index in [-0.39, 0.29) is 47.6 Å². The average molecular weight is 578 g/mol. The number of allylic oxidation sites excluding steroid dienone is 1. The van der Waals surface area contributed by atoms with Crippen molar-refractivity contribution in [1.29, 1.82) is 0 Å². The number of carbonyl (C=O) groups excluding carboxylic acids is 3. The number of β-amino-alcohol motifs (C(OH)–C–C–N with tert-alkyl or cyclic N) is 1. The Morgan fingerprint density at radius 3 is 2.69 bits per heavy atom. The number of amides is 2. The Labute approximate surface area is 225 Å². The van der Waals surface area contributed by atoms with Gasteiger partial charge < -0.3 is 19.6 Å². The summed E-state index contributed by atoms with van der Waals surface area (Å²) in [6.07, 6.45) is 5.46. The third-order valence-corrected chi connectivity index (χ3v) is 10.5. The van der Waals surface area contributed by atoms with Gasteiger partial charge in [-0.25, -0.2) is 0 Å². The number of halogens is 1. The van der Waals surface area contributed by atoms with Crippen LogP contribution in [0.4, 0.5) is 0 Å². The van der Waals surface area contributed by atoms with Crippen molar-refractivity contribution >= 4 is 45.5 Å². The predicted octanol–water partition coefficient (Wildman–Crippen LogP) is 3.17. The summed E-state index contributed by atoms with van der Waals surface area (Å²) < 4.78 is 4.83.